The molecule has 0 saturated carbocycles. The SMILES string of the molecule is CC(C)N1CCC2(CC1)CNCc1ccccc12. The van der Waals surface area contributed by atoms with Crippen LogP contribution < -0.4 is 5.32 Å². The summed E-state index contributed by atoms with van der Waals surface area (Å²) in [6.07, 6.45) is 2.60. The molecule has 0 unspecified atom stereocenters. The fourth-order valence-corrected chi connectivity index (χ4v) is 3.64. The lowest BCUT2D eigenvalue weighted by Crippen LogP contribution is -2.51. The third kappa shape index (κ3) is 1.98. The van der Waals surface area contributed by atoms with E-state index in [4.69, 9.17) is 0 Å². The summed E-state index contributed by atoms with van der Waals surface area (Å²) in [5.74, 6) is 0. The number of hydrogen-bond donors (Lipinski definition) is 1. The van der Waals surface area contributed by atoms with Gasteiger partial charge in [0.15, 0.2) is 0 Å². The number of fused-ring (bicyclic) bond motifs is 2. The maximum absolute atomic E-state index is 3.63. The number of nitrogens with zero attached hydrogens (tertiary/aromatic N) is 1. The second kappa shape index (κ2) is 4.67. The Labute approximate surface area is 110 Å². The minimum absolute atomic E-state index is 0.403. The summed E-state index contributed by atoms with van der Waals surface area (Å²) in [5.41, 5.74) is 3.54. The topological polar surface area (TPSA) is 15.3 Å². The molecule has 2 aliphatic rings. The molecule has 1 saturated heterocycles. The van der Waals surface area contributed by atoms with Gasteiger partial charge in [0, 0.05) is 24.5 Å². The lowest BCUT2D eigenvalue weighted by molar-refractivity contribution is 0.123. The summed E-state index contributed by atoms with van der Waals surface area (Å²) in [5, 5.41) is 3.63. The maximum atomic E-state index is 3.63. The molecule has 2 heteroatoms. The van der Waals surface area contributed by atoms with Gasteiger partial charge in [-0.1, -0.05) is 24.3 Å². The van der Waals surface area contributed by atoms with Gasteiger partial charge in [0.1, 0.15) is 0 Å². The molecule has 0 bridgehead atoms. The monoisotopic (exact) mass is 244 g/mol. The maximum Gasteiger partial charge on any atom is 0.0208 e. The van der Waals surface area contributed by atoms with Gasteiger partial charge in [-0.25, -0.2) is 0 Å². The molecular weight excluding hydrogens is 220 g/mol. The first kappa shape index (κ1) is 12.2. The predicted octanol–water partition coefficient (Wildman–Crippen LogP) is 2.53. The fourth-order valence-electron chi connectivity index (χ4n) is 3.64. The molecule has 1 spiro atoms. The van der Waals surface area contributed by atoms with Crippen molar-refractivity contribution in [3.05, 3.63) is 35.4 Å². The van der Waals surface area contributed by atoms with Crippen LogP contribution in [-0.2, 0) is 12.0 Å². The Morgan fingerprint density at radius 2 is 1.89 bits per heavy atom. The van der Waals surface area contributed by atoms with Crippen molar-refractivity contribution in [1.82, 2.24) is 10.2 Å². The number of rotatable bonds is 1. The number of benzene rings is 1. The van der Waals surface area contributed by atoms with Gasteiger partial charge in [0.2, 0.25) is 0 Å². The van der Waals surface area contributed by atoms with Crippen LogP contribution in [0.1, 0.15) is 37.8 Å². The molecule has 18 heavy (non-hydrogen) atoms. The van der Waals surface area contributed by atoms with E-state index in [0.29, 0.717) is 11.5 Å². The summed E-state index contributed by atoms with van der Waals surface area (Å²) in [6, 6.07) is 9.72. The first-order chi connectivity index (χ1) is 8.71. The normalized spacial score (nSPS) is 23.3. The first-order valence-corrected chi connectivity index (χ1v) is 7.24. The quantitative estimate of drug-likeness (QED) is 0.816. The second-order valence-electron chi connectivity index (χ2n) is 6.17. The Bertz CT molecular complexity index is 417. The zero-order valence-electron chi connectivity index (χ0n) is 11.6. The molecule has 1 fully saturated rings. The highest BCUT2D eigenvalue weighted by atomic mass is 15.2. The Morgan fingerprint density at radius 1 is 1.17 bits per heavy atom. The fraction of sp³-hybridized carbons (Fsp3) is 0.625. The predicted molar refractivity (Wildman–Crippen MR) is 75.8 cm³/mol. The largest absolute Gasteiger partial charge is 0.312 e. The van der Waals surface area contributed by atoms with E-state index < -0.39 is 0 Å². The highest BCUT2D eigenvalue weighted by Gasteiger charge is 2.39. The van der Waals surface area contributed by atoms with Crippen molar-refractivity contribution in [2.24, 2.45) is 0 Å². The van der Waals surface area contributed by atoms with Crippen molar-refractivity contribution >= 4 is 0 Å². The van der Waals surface area contributed by atoms with Crippen molar-refractivity contribution in [2.45, 2.75) is 44.7 Å². The van der Waals surface area contributed by atoms with Crippen LogP contribution in [0.3, 0.4) is 0 Å². The standard InChI is InChI=1S/C16H24N2/c1-13(2)18-9-7-16(8-10-18)12-17-11-14-5-3-4-6-15(14)16/h3-6,13,17H,7-12H2,1-2H3. The number of piperidine rings is 1. The van der Waals surface area contributed by atoms with Gasteiger partial charge < -0.3 is 10.2 Å². The molecule has 1 N–H and O–H groups in total. The zero-order chi connectivity index (χ0) is 12.6. The van der Waals surface area contributed by atoms with Crippen LogP contribution in [0, 0.1) is 0 Å². The lowest BCUT2D eigenvalue weighted by Gasteiger charge is -2.46. The van der Waals surface area contributed by atoms with Crippen molar-refractivity contribution in [2.75, 3.05) is 19.6 Å². The Kier molecular flexibility index (Phi) is 3.16. The zero-order valence-corrected chi connectivity index (χ0v) is 11.6. The summed E-state index contributed by atoms with van der Waals surface area (Å²) in [7, 11) is 0. The summed E-state index contributed by atoms with van der Waals surface area (Å²) >= 11 is 0. The van der Waals surface area contributed by atoms with Crippen LogP contribution in [-0.4, -0.2) is 30.6 Å². The van der Waals surface area contributed by atoms with Gasteiger partial charge in [-0.2, -0.15) is 0 Å². The summed E-state index contributed by atoms with van der Waals surface area (Å²) in [4.78, 5) is 2.61. The van der Waals surface area contributed by atoms with Crippen molar-refractivity contribution in [1.29, 1.82) is 0 Å². The van der Waals surface area contributed by atoms with Crippen LogP contribution in [0.15, 0.2) is 24.3 Å². The van der Waals surface area contributed by atoms with Crippen molar-refractivity contribution in [3.63, 3.8) is 0 Å². The molecule has 1 aromatic carbocycles. The van der Waals surface area contributed by atoms with Gasteiger partial charge in [-0.15, -0.1) is 0 Å². The lowest BCUT2D eigenvalue weighted by atomic mass is 9.69. The van der Waals surface area contributed by atoms with E-state index in [0.717, 1.165) is 13.1 Å². The van der Waals surface area contributed by atoms with E-state index in [2.05, 4.69) is 48.3 Å². The van der Waals surface area contributed by atoms with Crippen LogP contribution in [0.25, 0.3) is 0 Å². The van der Waals surface area contributed by atoms with E-state index in [9.17, 15) is 0 Å². The summed E-state index contributed by atoms with van der Waals surface area (Å²) in [6.45, 7) is 9.32. The third-order valence-corrected chi connectivity index (χ3v) is 4.85. The van der Waals surface area contributed by atoms with Gasteiger partial charge in [0.25, 0.3) is 0 Å². The second-order valence-corrected chi connectivity index (χ2v) is 6.17. The van der Waals surface area contributed by atoms with Crippen LogP contribution >= 0.6 is 0 Å². The highest BCUT2D eigenvalue weighted by molar-refractivity contribution is 5.37. The Morgan fingerprint density at radius 3 is 2.61 bits per heavy atom. The van der Waals surface area contributed by atoms with E-state index in [1.165, 1.54) is 31.5 Å². The highest BCUT2D eigenvalue weighted by Crippen LogP contribution is 2.39. The van der Waals surface area contributed by atoms with Gasteiger partial charge in [0.05, 0.1) is 0 Å². The minimum atomic E-state index is 0.403. The van der Waals surface area contributed by atoms with Gasteiger partial charge in [-0.3, -0.25) is 0 Å². The first-order valence-electron chi connectivity index (χ1n) is 7.24. The molecule has 0 aromatic heterocycles. The number of hydrogen-bond acceptors (Lipinski definition) is 2. The third-order valence-electron chi connectivity index (χ3n) is 4.85. The van der Waals surface area contributed by atoms with Crippen LogP contribution in [0.4, 0.5) is 0 Å². The molecule has 0 radical (unpaired) electrons. The molecule has 2 heterocycles. The van der Waals surface area contributed by atoms with E-state index in [1.54, 1.807) is 5.56 Å². The van der Waals surface area contributed by atoms with E-state index in [1.807, 2.05) is 0 Å². The molecule has 1 aromatic rings. The Hall–Kier alpha value is -0.860. The van der Waals surface area contributed by atoms with Crippen LogP contribution in [0.5, 0.6) is 0 Å². The number of nitrogens with one attached hydrogen (secondary N) is 1. The average Bonchev–Trinajstić information content (AvgIpc) is 2.40. The molecule has 2 aliphatic heterocycles. The molecular formula is C16H24N2. The van der Waals surface area contributed by atoms with Crippen molar-refractivity contribution < 1.29 is 0 Å². The minimum Gasteiger partial charge on any atom is -0.312 e. The van der Waals surface area contributed by atoms with E-state index in [-0.39, 0.29) is 0 Å². The van der Waals surface area contributed by atoms with Crippen molar-refractivity contribution in [3.8, 4) is 0 Å². The smallest absolute Gasteiger partial charge is 0.0208 e. The van der Waals surface area contributed by atoms with Crippen LogP contribution in [0.2, 0.25) is 0 Å². The molecule has 3 rings (SSSR count). The van der Waals surface area contributed by atoms with Gasteiger partial charge in [-0.05, 0) is 50.9 Å². The van der Waals surface area contributed by atoms with Gasteiger partial charge >= 0.3 is 0 Å². The Balaban J connectivity index is 1.85. The number of likely N-dealkylation sites (tertiary alicyclic amines) is 1. The molecule has 98 valence electrons. The van der Waals surface area contributed by atoms with E-state index >= 15 is 0 Å². The molecule has 0 atom stereocenters. The molecule has 0 aliphatic carbocycles. The molecule has 0 amide bonds. The molecule has 2 nitrogen and oxygen atoms in total. The summed E-state index contributed by atoms with van der Waals surface area (Å²) < 4.78 is 0. The average molecular weight is 244 g/mol.